The van der Waals surface area contributed by atoms with Gasteiger partial charge in [0.1, 0.15) is 17.9 Å². The smallest absolute Gasteiger partial charge is 0.263 e. The maximum Gasteiger partial charge on any atom is 0.263 e. The zero-order valence-electron chi connectivity index (χ0n) is 17.9. The number of nitrogens with zero attached hydrogens (tertiary/aromatic N) is 3. The van der Waals surface area contributed by atoms with Crippen molar-refractivity contribution < 1.29 is 19.1 Å². The Bertz CT molecular complexity index is 982. The standard InChI is InChI=1S/C24H29N3O4/c1-17-15-18(8-10-21(17)29-14-13-28)9-11-22-26-24(31-27-22)20-7-4-12-25-23(20)30-16-19-5-2-3-6-19/h4,7-8,10,12,15,19,28H,2-3,5-6,9,11,13-14,16H2,1H3. The minimum Gasteiger partial charge on any atom is -0.491 e. The molecule has 164 valence electrons. The van der Waals surface area contributed by atoms with E-state index < -0.39 is 0 Å². The van der Waals surface area contributed by atoms with Gasteiger partial charge in [0.2, 0.25) is 5.88 Å². The van der Waals surface area contributed by atoms with E-state index in [1.165, 1.54) is 31.2 Å². The van der Waals surface area contributed by atoms with E-state index in [9.17, 15) is 0 Å². The quantitative estimate of drug-likeness (QED) is 0.523. The predicted octanol–water partition coefficient (Wildman–Crippen LogP) is 4.17. The molecule has 0 unspecified atom stereocenters. The molecule has 7 nitrogen and oxygen atoms in total. The molecule has 4 rings (SSSR count). The zero-order valence-corrected chi connectivity index (χ0v) is 17.9. The van der Waals surface area contributed by atoms with Gasteiger partial charge in [-0.15, -0.1) is 0 Å². The number of rotatable bonds is 10. The minimum atomic E-state index is 0.00558. The number of benzene rings is 1. The fraction of sp³-hybridized carbons (Fsp3) is 0.458. The molecule has 0 radical (unpaired) electrons. The van der Waals surface area contributed by atoms with Crippen molar-refractivity contribution in [2.24, 2.45) is 5.92 Å². The first-order chi connectivity index (χ1) is 15.2. The molecule has 7 heteroatoms. The molecule has 0 bridgehead atoms. The summed E-state index contributed by atoms with van der Waals surface area (Å²) in [5, 5.41) is 13.0. The largest absolute Gasteiger partial charge is 0.491 e. The van der Waals surface area contributed by atoms with E-state index in [2.05, 4.69) is 21.2 Å². The van der Waals surface area contributed by atoms with Crippen LogP contribution in [0.2, 0.25) is 0 Å². The Kier molecular flexibility index (Phi) is 7.14. The van der Waals surface area contributed by atoms with Gasteiger partial charge in [-0.25, -0.2) is 4.98 Å². The van der Waals surface area contributed by atoms with Gasteiger partial charge in [0, 0.05) is 12.6 Å². The number of aromatic nitrogens is 3. The summed E-state index contributed by atoms with van der Waals surface area (Å²) < 4.78 is 17.0. The van der Waals surface area contributed by atoms with Crippen LogP contribution in [0.25, 0.3) is 11.5 Å². The highest BCUT2D eigenvalue weighted by atomic mass is 16.5. The number of aliphatic hydroxyl groups is 1. The third kappa shape index (κ3) is 5.61. The van der Waals surface area contributed by atoms with E-state index in [1.807, 2.05) is 31.2 Å². The van der Waals surface area contributed by atoms with Crippen LogP contribution in [0.1, 0.15) is 42.6 Å². The molecular weight excluding hydrogens is 394 g/mol. The second kappa shape index (κ2) is 10.4. The van der Waals surface area contributed by atoms with Gasteiger partial charge in [-0.1, -0.05) is 30.1 Å². The van der Waals surface area contributed by atoms with Crippen molar-refractivity contribution in [3.8, 4) is 23.1 Å². The van der Waals surface area contributed by atoms with E-state index in [-0.39, 0.29) is 6.61 Å². The lowest BCUT2D eigenvalue weighted by molar-refractivity contribution is 0.200. The van der Waals surface area contributed by atoms with Crippen molar-refractivity contribution in [3.05, 3.63) is 53.5 Å². The SMILES string of the molecule is Cc1cc(CCc2noc(-c3cccnc3OCC3CCCC3)n2)ccc1OCCO. The maximum atomic E-state index is 8.90. The highest BCUT2D eigenvalue weighted by molar-refractivity contribution is 5.59. The lowest BCUT2D eigenvalue weighted by atomic mass is 10.1. The molecule has 0 saturated heterocycles. The van der Waals surface area contributed by atoms with E-state index in [1.54, 1.807) is 6.20 Å². The summed E-state index contributed by atoms with van der Waals surface area (Å²) in [6.07, 6.45) is 8.20. The van der Waals surface area contributed by atoms with Crippen molar-refractivity contribution in [1.29, 1.82) is 0 Å². The summed E-state index contributed by atoms with van der Waals surface area (Å²) >= 11 is 0. The van der Waals surface area contributed by atoms with Crippen molar-refractivity contribution in [2.75, 3.05) is 19.8 Å². The lowest BCUT2D eigenvalue weighted by Crippen LogP contribution is -2.09. The molecule has 2 heterocycles. The van der Waals surface area contributed by atoms with Crippen molar-refractivity contribution in [3.63, 3.8) is 0 Å². The van der Waals surface area contributed by atoms with Gasteiger partial charge in [-0.05, 0) is 61.4 Å². The molecule has 1 fully saturated rings. The second-order valence-electron chi connectivity index (χ2n) is 8.01. The molecule has 1 N–H and O–H groups in total. The number of hydrogen-bond acceptors (Lipinski definition) is 7. The number of hydrogen-bond donors (Lipinski definition) is 1. The Hall–Kier alpha value is -2.93. The van der Waals surface area contributed by atoms with Crippen molar-refractivity contribution in [2.45, 2.75) is 45.4 Å². The van der Waals surface area contributed by atoms with Crippen LogP contribution < -0.4 is 9.47 Å². The zero-order chi connectivity index (χ0) is 21.5. The third-order valence-electron chi connectivity index (χ3n) is 5.63. The van der Waals surface area contributed by atoms with Crippen LogP contribution >= 0.6 is 0 Å². The van der Waals surface area contributed by atoms with Gasteiger partial charge in [-0.2, -0.15) is 4.98 Å². The topological polar surface area (TPSA) is 90.5 Å². The molecule has 0 atom stereocenters. The van der Waals surface area contributed by atoms with E-state index in [4.69, 9.17) is 19.1 Å². The first kappa shape index (κ1) is 21.3. The first-order valence-electron chi connectivity index (χ1n) is 11.0. The van der Waals surface area contributed by atoms with Gasteiger partial charge in [-0.3, -0.25) is 0 Å². The first-order valence-corrected chi connectivity index (χ1v) is 11.0. The second-order valence-corrected chi connectivity index (χ2v) is 8.01. The molecule has 1 aliphatic rings. The maximum absolute atomic E-state index is 8.90. The van der Waals surface area contributed by atoms with Gasteiger partial charge < -0.3 is 19.1 Å². The van der Waals surface area contributed by atoms with Crippen LogP contribution in [0.5, 0.6) is 11.6 Å². The fourth-order valence-corrected chi connectivity index (χ4v) is 3.95. The number of ether oxygens (including phenoxy) is 2. The normalized spacial score (nSPS) is 14.1. The van der Waals surface area contributed by atoms with Gasteiger partial charge in [0.25, 0.3) is 5.89 Å². The lowest BCUT2D eigenvalue weighted by Gasteiger charge is -2.11. The summed E-state index contributed by atoms with van der Waals surface area (Å²) in [5.74, 6) is 3.05. The summed E-state index contributed by atoms with van der Waals surface area (Å²) in [6, 6.07) is 9.81. The summed E-state index contributed by atoms with van der Waals surface area (Å²) in [5.41, 5.74) is 2.95. The molecule has 0 aliphatic heterocycles. The molecule has 1 aromatic carbocycles. The molecule has 2 aromatic heterocycles. The fourth-order valence-electron chi connectivity index (χ4n) is 3.95. The Morgan fingerprint density at radius 1 is 1.13 bits per heavy atom. The van der Waals surface area contributed by atoms with Gasteiger partial charge >= 0.3 is 0 Å². The number of aryl methyl sites for hydroxylation is 3. The van der Waals surface area contributed by atoms with E-state index in [0.717, 1.165) is 23.3 Å². The van der Waals surface area contributed by atoms with Crippen LogP contribution in [0.15, 0.2) is 41.1 Å². The molecule has 3 aromatic rings. The van der Waals surface area contributed by atoms with Crippen LogP contribution in [0, 0.1) is 12.8 Å². The summed E-state index contributed by atoms with van der Waals surface area (Å²) in [6.45, 7) is 2.98. The van der Waals surface area contributed by atoms with Crippen LogP contribution in [-0.2, 0) is 12.8 Å². The van der Waals surface area contributed by atoms with Gasteiger partial charge in [0.05, 0.1) is 13.2 Å². The molecular formula is C24H29N3O4. The number of pyridine rings is 1. The third-order valence-corrected chi connectivity index (χ3v) is 5.63. The molecule has 0 spiro atoms. The molecule has 0 amide bonds. The van der Waals surface area contributed by atoms with Gasteiger partial charge in [0.15, 0.2) is 5.82 Å². The van der Waals surface area contributed by atoms with Crippen LogP contribution in [-0.4, -0.2) is 40.1 Å². The summed E-state index contributed by atoms with van der Waals surface area (Å²) in [7, 11) is 0. The molecule has 31 heavy (non-hydrogen) atoms. The summed E-state index contributed by atoms with van der Waals surface area (Å²) in [4.78, 5) is 8.95. The van der Waals surface area contributed by atoms with Crippen LogP contribution in [0.3, 0.4) is 0 Å². The highest BCUT2D eigenvalue weighted by Gasteiger charge is 2.19. The number of aliphatic hydroxyl groups excluding tert-OH is 1. The average Bonchev–Trinajstić information content (AvgIpc) is 3.48. The van der Waals surface area contributed by atoms with Crippen molar-refractivity contribution >= 4 is 0 Å². The Labute approximate surface area is 182 Å². The van der Waals surface area contributed by atoms with Crippen LogP contribution in [0.4, 0.5) is 0 Å². The predicted molar refractivity (Wildman–Crippen MR) is 116 cm³/mol. The Balaban J connectivity index is 1.38. The monoisotopic (exact) mass is 423 g/mol. The Morgan fingerprint density at radius 3 is 2.81 bits per heavy atom. The highest BCUT2D eigenvalue weighted by Crippen LogP contribution is 2.29. The molecule has 1 aliphatic carbocycles. The van der Waals surface area contributed by atoms with Crippen molar-refractivity contribution in [1.82, 2.24) is 15.1 Å². The van der Waals surface area contributed by atoms with E-state index in [0.29, 0.717) is 43.1 Å². The minimum absolute atomic E-state index is 0.00558. The van der Waals surface area contributed by atoms with E-state index >= 15 is 0 Å². The molecule has 1 saturated carbocycles. The Morgan fingerprint density at radius 2 is 2.00 bits per heavy atom. The average molecular weight is 424 g/mol.